The molecular formula is C28H28N2O2. The van der Waals surface area contributed by atoms with E-state index in [1.54, 1.807) is 24.6 Å². The first-order valence-electron chi connectivity index (χ1n) is 11.1. The van der Waals surface area contributed by atoms with Gasteiger partial charge in [0, 0.05) is 36.6 Å². The van der Waals surface area contributed by atoms with Crippen molar-refractivity contribution in [2.75, 3.05) is 13.1 Å². The number of phenolic OH excluding ortho intramolecular Hbond substituents is 2. The molecule has 0 saturated heterocycles. The summed E-state index contributed by atoms with van der Waals surface area (Å²) >= 11 is 0. The highest BCUT2D eigenvalue weighted by molar-refractivity contribution is 6.03. The smallest absolute Gasteiger partial charge is 0.124 e. The Hall–Kier alpha value is -3.66. The van der Waals surface area contributed by atoms with Gasteiger partial charge in [-0.3, -0.25) is 9.98 Å². The van der Waals surface area contributed by atoms with Crippen LogP contribution in [0.4, 0.5) is 0 Å². The number of hydrogen-bond acceptors (Lipinski definition) is 4. The highest BCUT2D eigenvalue weighted by atomic mass is 16.3. The van der Waals surface area contributed by atoms with Crippen LogP contribution < -0.4 is 0 Å². The van der Waals surface area contributed by atoms with Crippen molar-refractivity contribution in [2.45, 2.75) is 25.7 Å². The van der Waals surface area contributed by atoms with Crippen LogP contribution in [0.15, 0.2) is 82.8 Å². The van der Waals surface area contributed by atoms with E-state index in [0.29, 0.717) is 0 Å². The van der Waals surface area contributed by atoms with Crippen molar-refractivity contribution in [1.82, 2.24) is 0 Å². The second kappa shape index (κ2) is 10.6. The number of nitrogens with zero attached hydrogens (tertiary/aromatic N) is 2. The number of benzene rings is 4. The van der Waals surface area contributed by atoms with Crippen LogP contribution in [0.25, 0.3) is 21.5 Å². The lowest BCUT2D eigenvalue weighted by molar-refractivity contribution is 0.475. The van der Waals surface area contributed by atoms with Gasteiger partial charge in [-0.15, -0.1) is 0 Å². The normalized spacial score (nSPS) is 11.9. The Morgan fingerprint density at radius 2 is 0.969 bits per heavy atom. The maximum absolute atomic E-state index is 10.2. The van der Waals surface area contributed by atoms with Crippen LogP contribution >= 0.6 is 0 Å². The van der Waals surface area contributed by atoms with Gasteiger partial charge < -0.3 is 10.2 Å². The number of fused-ring (bicyclic) bond motifs is 2. The van der Waals surface area contributed by atoms with Gasteiger partial charge in [0.2, 0.25) is 0 Å². The molecule has 0 radical (unpaired) electrons. The van der Waals surface area contributed by atoms with Gasteiger partial charge in [0.15, 0.2) is 0 Å². The first-order valence-corrected chi connectivity index (χ1v) is 11.1. The molecule has 4 rings (SSSR count). The third-order valence-corrected chi connectivity index (χ3v) is 5.66. The van der Waals surface area contributed by atoms with Crippen LogP contribution in [0, 0.1) is 0 Å². The molecule has 4 nitrogen and oxygen atoms in total. The molecule has 32 heavy (non-hydrogen) atoms. The van der Waals surface area contributed by atoms with Gasteiger partial charge >= 0.3 is 0 Å². The molecule has 0 spiro atoms. The maximum atomic E-state index is 10.2. The summed E-state index contributed by atoms with van der Waals surface area (Å²) in [7, 11) is 0. The molecule has 4 heteroatoms. The lowest BCUT2D eigenvalue weighted by atomic mass is 10.0. The van der Waals surface area contributed by atoms with E-state index in [1.165, 1.54) is 0 Å². The van der Waals surface area contributed by atoms with Gasteiger partial charge in [0.05, 0.1) is 0 Å². The summed E-state index contributed by atoms with van der Waals surface area (Å²) in [6.07, 6.45) is 7.78. The maximum Gasteiger partial charge on any atom is 0.124 e. The van der Waals surface area contributed by atoms with E-state index in [0.717, 1.165) is 71.4 Å². The van der Waals surface area contributed by atoms with Crippen LogP contribution in [0.2, 0.25) is 0 Å². The number of aliphatic imine (C=N–C) groups is 2. The number of rotatable bonds is 9. The second-order valence-corrected chi connectivity index (χ2v) is 7.92. The quantitative estimate of drug-likeness (QED) is 0.238. The summed E-state index contributed by atoms with van der Waals surface area (Å²) in [4.78, 5) is 9.04. The van der Waals surface area contributed by atoms with E-state index >= 15 is 0 Å². The van der Waals surface area contributed by atoms with Gasteiger partial charge in [-0.05, 0) is 46.5 Å². The first-order chi connectivity index (χ1) is 15.7. The molecule has 0 heterocycles. The monoisotopic (exact) mass is 424 g/mol. The Kier molecular flexibility index (Phi) is 7.13. The lowest BCUT2D eigenvalue weighted by Gasteiger charge is -2.05. The van der Waals surface area contributed by atoms with Crippen molar-refractivity contribution in [2.24, 2.45) is 9.98 Å². The van der Waals surface area contributed by atoms with Crippen molar-refractivity contribution in [3.63, 3.8) is 0 Å². The van der Waals surface area contributed by atoms with Crippen LogP contribution in [-0.4, -0.2) is 35.7 Å². The van der Waals surface area contributed by atoms with E-state index < -0.39 is 0 Å². The third kappa shape index (κ3) is 5.14. The minimum atomic E-state index is 0.266. The van der Waals surface area contributed by atoms with E-state index in [4.69, 9.17) is 0 Å². The number of unbranched alkanes of at least 4 members (excludes halogenated alkanes) is 3. The fraction of sp³-hybridized carbons (Fsp3) is 0.214. The molecular weight excluding hydrogens is 396 g/mol. The van der Waals surface area contributed by atoms with Gasteiger partial charge in [0.1, 0.15) is 11.5 Å². The molecule has 0 aliphatic rings. The van der Waals surface area contributed by atoms with Crippen molar-refractivity contribution >= 4 is 34.0 Å². The van der Waals surface area contributed by atoms with E-state index in [2.05, 4.69) is 9.98 Å². The Labute approximate surface area is 188 Å². The van der Waals surface area contributed by atoms with E-state index in [9.17, 15) is 10.2 Å². The second-order valence-electron chi connectivity index (χ2n) is 7.92. The first kappa shape index (κ1) is 21.6. The number of phenols is 2. The summed E-state index contributed by atoms with van der Waals surface area (Å²) in [5, 5.41) is 24.6. The van der Waals surface area contributed by atoms with Crippen molar-refractivity contribution in [3.05, 3.63) is 83.9 Å². The molecule has 0 atom stereocenters. The molecule has 0 bridgehead atoms. The van der Waals surface area contributed by atoms with Gasteiger partial charge in [-0.2, -0.15) is 0 Å². The molecule has 4 aromatic carbocycles. The number of aromatic hydroxyl groups is 2. The average molecular weight is 425 g/mol. The molecule has 0 saturated carbocycles. The minimum absolute atomic E-state index is 0.266. The Morgan fingerprint density at radius 3 is 1.44 bits per heavy atom. The number of hydrogen-bond donors (Lipinski definition) is 2. The van der Waals surface area contributed by atoms with Crippen molar-refractivity contribution in [1.29, 1.82) is 0 Å². The van der Waals surface area contributed by atoms with Gasteiger partial charge in [0.25, 0.3) is 0 Å². The molecule has 0 aliphatic carbocycles. The molecule has 0 unspecified atom stereocenters. The van der Waals surface area contributed by atoms with E-state index in [-0.39, 0.29) is 11.5 Å². The SMILES string of the molecule is Oc1ccc2ccccc2c1C=NCCCCCCN=Cc1c(O)ccc2ccccc12. The highest BCUT2D eigenvalue weighted by Crippen LogP contribution is 2.26. The summed E-state index contributed by atoms with van der Waals surface area (Å²) in [6, 6.07) is 23.3. The van der Waals surface area contributed by atoms with Crippen molar-refractivity contribution < 1.29 is 10.2 Å². The third-order valence-electron chi connectivity index (χ3n) is 5.66. The van der Waals surface area contributed by atoms with Gasteiger partial charge in [-0.25, -0.2) is 0 Å². The Morgan fingerprint density at radius 1 is 0.531 bits per heavy atom. The fourth-order valence-corrected chi connectivity index (χ4v) is 3.91. The standard InChI is InChI=1S/C28H28N2O2/c31-27-15-13-21-9-3-5-11-23(21)25(27)19-29-17-7-1-2-8-18-30-20-26-24-12-6-4-10-22(24)14-16-28(26)32/h3-6,9-16,19-20,31-32H,1-2,7-8,17-18H2. The predicted molar refractivity (Wildman–Crippen MR) is 135 cm³/mol. The molecule has 0 aromatic heterocycles. The average Bonchev–Trinajstić information content (AvgIpc) is 2.82. The topological polar surface area (TPSA) is 65.2 Å². The molecule has 0 amide bonds. The van der Waals surface area contributed by atoms with Gasteiger partial charge in [-0.1, -0.05) is 73.5 Å². The fourth-order valence-electron chi connectivity index (χ4n) is 3.91. The molecule has 4 aromatic rings. The van der Waals surface area contributed by atoms with Crippen LogP contribution in [0.3, 0.4) is 0 Å². The zero-order valence-electron chi connectivity index (χ0n) is 18.1. The zero-order chi connectivity index (χ0) is 22.2. The van der Waals surface area contributed by atoms with Crippen LogP contribution in [0.5, 0.6) is 11.5 Å². The summed E-state index contributed by atoms with van der Waals surface area (Å²) in [6.45, 7) is 1.49. The highest BCUT2D eigenvalue weighted by Gasteiger charge is 2.05. The molecule has 2 N–H and O–H groups in total. The summed E-state index contributed by atoms with van der Waals surface area (Å²) in [5.74, 6) is 0.532. The zero-order valence-corrected chi connectivity index (χ0v) is 18.1. The Balaban J connectivity index is 1.21. The summed E-state index contributed by atoms with van der Waals surface area (Å²) in [5.41, 5.74) is 1.57. The summed E-state index contributed by atoms with van der Waals surface area (Å²) < 4.78 is 0. The largest absolute Gasteiger partial charge is 0.507 e. The minimum Gasteiger partial charge on any atom is -0.507 e. The van der Waals surface area contributed by atoms with Crippen LogP contribution in [0.1, 0.15) is 36.8 Å². The predicted octanol–water partition coefficient (Wildman–Crippen LogP) is 6.50. The van der Waals surface area contributed by atoms with E-state index in [1.807, 2.05) is 60.7 Å². The molecule has 162 valence electrons. The molecule has 0 aliphatic heterocycles. The van der Waals surface area contributed by atoms with Crippen molar-refractivity contribution in [3.8, 4) is 11.5 Å². The lowest BCUT2D eigenvalue weighted by Crippen LogP contribution is -1.90. The van der Waals surface area contributed by atoms with Crippen LogP contribution in [-0.2, 0) is 0 Å². The molecule has 0 fully saturated rings. The Bertz CT molecular complexity index is 1160.